The summed E-state index contributed by atoms with van der Waals surface area (Å²) in [5, 5.41) is 7.00. The van der Waals surface area contributed by atoms with Crippen LogP contribution < -0.4 is 14.8 Å². The number of nitrogens with one attached hydrogen (secondary N) is 1. The van der Waals surface area contributed by atoms with E-state index in [0.29, 0.717) is 38.4 Å². The van der Waals surface area contributed by atoms with Crippen molar-refractivity contribution < 1.29 is 22.4 Å². The number of hydrogen-bond donors (Lipinski definition) is 1. The first-order valence-electron chi connectivity index (χ1n) is 9.84. The summed E-state index contributed by atoms with van der Waals surface area (Å²) in [4.78, 5) is 6.81. The van der Waals surface area contributed by atoms with E-state index in [1.54, 1.807) is 6.07 Å². The molecule has 1 saturated heterocycles. The van der Waals surface area contributed by atoms with Crippen molar-refractivity contribution in [1.82, 2.24) is 19.7 Å². The van der Waals surface area contributed by atoms with Crippen molar-refractivity contribution in [2.24, 2.45) is 4.99 Å². The fraction of sp³-hybridized carbons (Fsp3) is 0.474. The van der Waals surface area contributed by atoms with Crippen LogP contribution in [-0.2, 0) is 22.3 Å². The maximum Gasteiger partial charge on any atom is 0.231 e. The minimum absolute atomic E-state index is 0.151. The lowest BCUT2D eigenvalue weighted by molar-refractivity contribution is 0.174. The Hall–Kier alpha value is -2.79. The van der Waals surface area contributed by atoms with Gasteiger partial charge in [-0.1, -0.05) is 11.2 Å². The number of piperazine rings is 1. The van der Waals surface area contributed by atoms with E-state index in [2.05, 4.69) is 15.4 Å². The van der Waals surface area contributed by atoms with Gasteiger partial charge in [0.1, 0.15) is 12.0 Å². The molecule has 11 heteroatoms. The van der Waals surface area contributed by atoms with E-state index < -0.39 is 10.0 Å². The number of benzene rings is 1. The molecule has 0 radical (unpaired) electrons. The first-order valence-corrected chi connectivity index (χ1v) is 11.4. The average molecular weight is 436 g/mol. The van der Waals surface area contributed by atoms with Crippen LogP contribution in [0.3, 0.4) is 0 Å². The Balaban J connectivity index is 1.37. The lowest BCUT2D eigenvalue weighted by atomic mass is 10.2. The number of aliphatic imine (C=N–C) groups is 1. The molecule has 1 fully saturated rings. The quantitative estimate of drug-likeness (QED) is 0.529. The van der Waals surface area contributed by atoms with E-state index in [1.165, 1.54) is 10.6 Å². The second-order valence-corrected chi connectivity index (χ2v) is 8.96. The van der Waals surface area contributed by atoms with Crippen molar-refractivity contribution >= 4 is 16.0 Å². The smallest absolute Gasteiger partial charge is 0.231 e. The second kappa shape index (κ2) is 8.92. The largest absolute Gasteiger partial charge is 0.454 e. The third-order valence-electron chi connectivity index (χ3n) is 4.94. The fourth-order valence-corrected chi connectivity index (χ4v) is 4.82. The first kappa shape index (κ1) is 20.5. The molecule has 0 spiro atoms. The molecule has 0 bridgehead atoms. The zero-order valence-corrected chi connectivity index (χ0v) is 17.6. The van der Waals surface area contributed by atoms with E-state index in [4.69, 9.17) is 19.0 Å². The molecule has 0 aliphatic carbocycles. The van der Waals surface area contributed by atoms with Crippen molar-refractivity contribution in [1.29, 1.82) is 0 Å². The van der Waals surface area contributed by atoms with Crippen molar-refractivity contribution in [2.75, 3.05) is 39.5 Å². The standard InChI is InChI=1S/C19H25N5O5S/c1-2-20-19(21-12-15-3-4-17-18(11-15)28-14-27-17)23-6-8-24(9-7-23)30(25,26)13-16-5-10-29-22-16/h3-5,10-11H,2,6-9,12-14H2,1H3,(H,20,21). The number of ether oxygens (including phenoxy) is 2. The number of fused-ring (bicyclic) bond motifs is 1. The molecule has 4 rings (SSSR count). The summed E-state index contributed by atoms with van der Waals surface area (Å²) in [5.41, 5.74) is 1.43. The molecule has 3 heterocycles. The molecule has 1 aromatic heterocycles. The Morgan fingerprint density at radius 1 is 1.17 bits per heavy atom. The maximum absolute atomic E-state index is 12.6. The van der Waals surface area contributed by atoms with Crippen LogP contribution in [0.5, 0.6) is 11.5 Å². The molecule has 30 heavy (non-hydrogen) atoms. The van der Waals surface area contributed by atoms with Gasteiger partial charge in [-0.3, -0.25) is 0 Å². The predicted octanol–water partition coefficient (Wildman–Crippen LogP) is 1.02. The van der Waals surface area contributed by atoms with Crippen LogP contribution in [0.1, 0.15) is 18.2 Å². The number of aromatic nitrogens is 1. The van der Waals surface area contributed by atoms with Gasteiger partial charge in [0.2, 0.25) is 16.8 Å². The highest BCUT2D eigenvalue weighted by atomic mass is 32.2. The molecule has 0 amide bonds. The minimum atomic E-state index is -3.43. The highest BCUT2D eigenvalue weighted by molar-refractivity contribution is 7.88. The van der Waals surface area contributed by atoms with Gasteiger partial charge < -0.3 is 24.2 Å². The summed E-state index contributed by atoms with van der Waals surface area (Å²) in [6.45, 7) is 5.39. The molecule has 0 unspecified atom stereocenters. The molecule has 0 saturated carbocycles. The third-order valence-corrected chi connectivity index (χ3v) is 6.75. The lowest BCUT2D eigenvalue weighted by Gasteiger charge is -2.35. The Bertz CT molecular complexity index is 985. The zero-order chi connectivity index (χ0) is 21.0. The molecule has 2 aromatic rings. The summed E-state index contributed by atoms with van der Waals surface area (Å²) in [7, 11) is -3.43. The molecule has 1 N–H and O–H groups in total. The Morgan fingerprint density at radius 3 is 2.70 bits per heavy atom. The molecule has 2 aliphatic rings. The summed E-state index contributed by atoms with van der Waals surface area (Å²) >= 11 is 0. The average Bonchev–Trinajstić information content (AvgIpc) is 3.42. The molecule has 2 aliphatic heterocycles. The Morgan fingerprint density at radius 2 is 1.97 bits per heavy atom. The molecule has 1 aromatic carbocycles. The molecule has 10 nitrogen and oxygen atoms in total. The number of hydrogen-bond acceptors (Lipinski definition) is 7. The zero-order valence-electron chi connectivity index (χ0n) is 16.8. The van der Waals surface area contributed by atoms with Crippen molar-refractivity contribution in [3.05, 3.63) is 41.8 Å². The Kier molecular flexibility index (Phi) is 6.09. The van der Waals surface area contributed by atoms with Crippen LogP contribution in [-0.4, -0.2) is 68.3 Å². The molecular weight excluding hydrogens is 410 g/mol. The number of sulfonamides is 1. The summed E-state index contributed by atoms with van der Waals surface area (Å²) < 4.78 is 42.2. The van der Waals surface area contributed by atoms with Crippen LogP contribution in [0.15, 0.2) is 40.0 Å². The highest BCUT2D eigenvalue weighted by Crippen LogP contribution is 2.32. The van der Waals surface area contributed by atoms with Gasteiger partial charge in [0.25, 0.3) is 0 Å². The second-order valence-electron chi connectivity index (χ2n) is 6.99. The van der Waals surface area contributed by atoms with E-state index in [1.807, 2.05) is 25.1 Å². The van der Waals surface area contributed by atoms with E-state index >= 15 is 0 Å². The van der Waals surface area contributed by atoms with Crippen LogP contribution >= 0.6 is 0 Å². The van der Waals surface area contributed by atoms with E-state index in [0.717, 1.165) is 29.6 Å². The van der Waals surface area contributed by atoms with Gasteiger partial charge in [-0.2, -0.15) is 4.31 Å². The third kappa shape index (κ3) is 4.68. The lowest BCUT2D eigenvalue weighted by Crippen LogP contribution is -2.53. The van der Waals surface area contributed by atoms with Crippen molar-refractivity contribution in [3.63, 3.8) is 0 Å². The van der Waals surface area contributed by atoms with Gasteiger partial charge in [0, 0.05) is 38.8 Å². The number of guanidine groups is 1. The Labute approximate surface area is 175 Å². The van der Waals surface area contributed by atoms with Gasteiger partial charge in [-0.25, -0.2) is 13.4 Å². The predicted molar refractivity (Wildman–Crippen MR) is 110 cm³/mol. The van der Waals surface area contributed by atoms with E-state index in [-0.39, 0.29) is 12.5 Å². The molecule has 0 atom stereocenters. The summed E-state index contributed by atoms with van der Waals surface area (Å²) in [6.07, 6.45) is 1.38. The summed E-state index contributed by atoms with van der Waals surface area (Å²) in [5.74, 6) is 2.10. The SMILES string of the molecule is CCNC(=NCc1ccc2c(c1)OCO2)N1CCN(S(=O)(=O)Cc2ccon2)CC1. The topological polar surface area (TPSA) is 110 Å². The monoisotopic (exact) mass is 435 g/mol. The summed E-state index contributed by atoms with van der Waals surface area (Å²) in [6, 6.07) is 7.36. The molecular formula is C19H25N5O5S. The van der Waals surface area contributed by atoms with Crippen LogP contribution in [0.2, 0.25) is 0 Å². The van der Waals surface area contributed by atoms with Crippen molar-refractivity contribution in [3.8, 4) is 11.5 Å². The van der Waals surface area contributed by atoms with Gasteiger partial charge in [-0.05, 0) is 24.6 Å². The van der Waals surface area contributed by atoms with Crippen LogP contribution in [0.25, 0.3) is 0 Å². The van der Waals surface area contributed by atoms with Crippen LogP contribution in [0, 0.1) is 0 Å². The molecule has 162 valence electrons. The minimum Gasteiger partial charge on any atom is -0.454 e. The van der Waals surface area contributed by atoms with Gasteiger partial charge >= 0.3 is 0 Å². The first-order chi connectivity index (χ1) is 14.5. The van der Waals surface area contributed by atoms with Crippen molar-refractivity contribution in [2.45, 2.75) is 19.2 Å². The van der Waals surface area contributed by atoms with Crippen LogP contribution in [0.4, 0.5) is 0 Å². The van der Waals surface area contributed by atoms with Gasteiger partial charge in [0.05, 0.1) is 12.2 Å². The number of nitrogens with zero attached hydrogens (tertiary/aromatic N) is 4. The van der Waals surface area contributed by atoms with Gasteiger partial charge in [0.15, 0.2) is 17.5 Å². The normalized spacial score (nSPS) is 17.4. The fourth-order valence-electron chi connectivity index (χ4n) is 3.40. The van der Waals surface area contributed by atoms with E-state index in [9.17, 15) is 8.42 Å². The maximum atomic E-state index is 12.6. The number of rotatable bonds is 6. The highest BCUT2D eigenvalue weighted by Gasteiger charge is 2.29. The van der Waals surface area contributed by atoms with Gasteiger partial charge in [-0.15, -0.1) is 0 Å².